The van der Waals surface area contributed by atoms with Crippen molar-refractivity contribution in [1.29, 1.82) is 0 Å². The Bertz CT molecular complexity index is 994. The number of methoxy groups -OCH3 is 3. The minimum atomic E-state index is -0.395. The minimum Gasteiger partial charge on any atom is -0.493 e. The highest BCUT2D eigenvalue weighted by Gasteiger charge is 2.08. The number of rotatable bonds is 8. The van der Waals surface area contributed by atoms with Crippen LogP contribution in [0.2, 0.25) is 0 Å². The van der Waals surface area contributed by atoms with Gasteiger partial charge in [0.15, 0.2) is 11.5 Å². The van der Waals surface area contributed by atoms with Gasteiger partial charge in [-0.05, 0) is 42.0 Å². The Balaban J connectivity index is 1.68. The zero-order chi connectivity index (χ0) is 20.6. The monoisotopic (exact) mass is 394 g/mol. The van der Waals surface area contributed by atoms with Crippen LogP contribution in [-0.2, 0) is 11.3 Å². The van der Waals surface area contributed by atoms with Crippen molar-refractivity contribution in [2.45, 2.75) is 6.54 Å². The number of anilines is 3. The van der Waals surface area contributed by atoms with Crippen LogP contribution < -0.4 is 20.1 Å². The second-order valence-electron chi connectivity index (χ2n) is 6.01. The number of carbonyl (C=O) groups excluding carboxylic acids is 1. The molecule has 0 unspecified atom stereocenters. The maximum Gasteiger partial charge on any atom is 0.337 e. The highest BCUT2D eigenvalue weighted by atomic mass is 16.5. The molecule has 0 bridgehead atoms. The van der Waals surface area contributed by atoms with Crippen LogP contribution in [0.15, 0.2) is 54.7 Å². The van der Waals surface area contributed by atoms with Crippen molar-refractivity contribution in [2.75, 3.05) is 32.0 Å². The van der Waals surface area contributed by atoms with Gasteiger partial charge >= 0.3 is 5.97 Å². The third kappa shape index (κ3) is 5.13. The fourth-order valence-electron chi connectivity index (χ4n) is 2.67. The predicted molar refractivity (Wildman–Crippen MR) is 110 cm³/mol. The molecule has 0 aliphatic rings. The molecule has 0 saturated heterocycles. The number of hydrogen-bond donors (Lipinski definition) is 2. The lowest BCUT2D eigenvalue weighted by atomic mass is 10.2. The van der Waals surface area contributed by atoms with Crippen LogP contribution in [0.3, 0.4) is 0 Å². The summed E-state index contributed by atoms with van der Waals surface area (Å²) < 4.78 is 15.3. The second-order valence-corrected chi connectivity index (χ2v) is 6.01. The number of aromatic nitrogens is 2. The maximum atomic E-state index is 11.7. The quantitative estimate of drug-likeness (QED) is 0.559. The van der Waals surface area contributed by atoms with Gasteiger partial charge in [0.2, 0.25) is 5.95 Å². The van der Waals surface area contributed by atoms with E-state index < -0.39 is 5.97 Å². The summed E-state index contributed by atoms with van der Waals surface area (Å²) in [6.45, 7) is 0.516. The lowest BCUT2D eigenvalue weighted by Gasteiger charge is -2.11. The Morgan fingerprint density at radius 3 is 2.59 bits per heavy atom. The molecule has 29 heavy (non-hydrogen) atoms. The Hall–Kier alpha value is -3.81. The third-order valence-corrected chi connectivity index (χ3v) is 4.11. The molecule has 0 radical (unpaired) electrons. The van der Waals surface area contributed by atoms with Gasteiger partial charge in [-0.15, -0.1) is 0 Å². The Labute approximate surface area is 168 Å². The number of ether oxygens (including phenoxy) is 3. The van der Waals surface area contributed by atoms with E-state index in [0.717, 1.165) is 11.3 Å². The van der Waals surface area contributed by atoms with E-state index in [-0.39, 0.29) is 0 Å². The van der Waals surface area contributed by atoms with Gasteiger partial charge in [0.1, 0.15) is 5.82 Å². The molecule has 8 nitrogen and oxygen atoms in total. The number of carbonyl (C=O) groups is 1. The summed E-state index contributed by atoms with van der Waals surface area (Å²) in [6, 6.07) is 14.4. The fraction of sp³-hybridized carbons (Fsp3) is 0.190. The summed E-state index contributed by atoms with van der Waals surface area (Å²) >= 11 is 0. The smallest absolute Gasteiger partial charge is 0.337 e. The number of nitrogens with one attached hydrogen (secondary N) is 2. The van der Waals surface area contributed by atoms with Gasteiger partial charge < -0.3 is 24.8 Å². The third-order valence-electron chi connectivity index (χ3n) is 4.11. The van der Waals surface area contributed by atoms with Gasteiger partial charge in [-0.25, -0.2) is 9.78 Å². The molecule has 0 fully saturated rings. The van der Waals surface area contributed by atoms with Crippen molar-refractivity contribution < 1.29 is 19.0 Å². The van der Waals surface area contributed by atoms with E-state index in [0.29, 0.717) is 35.4 Å². The number of esters is 1. The number of nitrogens with zero attached hydrogens (tertiary/aromatic N) is 2. The lowest BCUT2D eigenvalue weighted by molar-refractivity contribution is 0.0601. The van der Waals surface area contributed by atoms with Gasteiger partial charge in [-0.3, -0.25) is 0 Å². The van der Waals surface area contributed by atoms with E-state index in [1.807, 2.05) is 24.3 Å². The molecule has 0 aliphatic carbocycles. The molecule has 1 aromatic heterocycles. The molecule has 0 saturated carbocycles. The average Bonchev–Trinajstić information content (AvgIpc) is 2.77. The van der Waals surface area contributed by atoms with Crippen LogP contribution in [0.25, 0.3) is 0 Å². The number of hydrogen-bond acceptors (Lipinski definition) is 8. The molecule has 3 aromatic rings. The first-order chi connectivity index (χ1) is 14.1. The van der Waals surface area contributed by atoms with Gasteiger partial charge in [0, 0.05) is 18.4 Å². The Kier molecular flexibility index (Phi) is 6.47. The van der Waals surface area contributed by atoms with Gasteiger partial charge in [0.25, 0.3) is 0 Å². The highest BCUT2D eigenvalue weighted by molar-refractivity contribution is 5.90. The van der Waals surface area contributed by atoms with Crippen LogP contribution in [0.5, 0.6) is 11.5 Å². The molecule has 0 atom stereocenters. The summed E-state index contributed by atoms with van der Waals surface area (Å²) in [5.74, 6) is 2.00. The van der Waals surface area contributed by atoms with Gasteiger partial charge in [-0.1, -0.05) is 12.1 Å². The first kappa shape index (κ1) is 19.9. The van der Waals surface area contributed by atoms with E-state index in [2.05, 4.69) is 20.6 Å². The molecule has 0 aliphatic heterocycles. The minimum absolute atomic E-state index is 0.395. The van der Waals surface area contributed by atoms with Crippen molar-refractivity contribution in [2.24, 2.45) is 0 Å². The molecule has 8 heteroatoms. The zero-order valence-corrected chi connectivity index (χ0v) is 16.4. The number of benzene rings is 2. The molecule has 0 amide bonds. The summed E-state index contributed by atoms with van der Waals surface area (Å²) in [6.07, 6.45) is 1.65. The summed E-state index contributed by atoms with van der Waals surface area (Å²) in [5, 5.41) is 6.34. The van der Waals surface area contributed by atoms with Crippen LogP contribution in [0.4, 0.5) is 17.5 Å². The first-order valence-corrected chi connectivity index (χ1v) is 8.86. The van der Waals surface area contributed by atoms with Gasteiger partial charge in [-0.2, -0.15) is 4.98 Å². The summed E-state index contributed by atoms with van der Waals surface area (Å²) in [7, 11) is 4.55. The van der Waals surface area contributed by atoms with Gasteiger partial charge in [0.05, 0.1) is 26.9 Å². The standard InChI is InChI=1S/C21H22N4O4/c1-27-17-8-7-14(11-18(17)28-2)13-23-21-22-10-9-19(25-21)24-16-6-4-5-15(12-16)20(26)29-3/h4-12H,13H2,1-3H3,(H2,22,23,24,25). The molecular weight excluding hydrogens is 372 g/mol. The summed E-state index contributed by atoms with van der Waals surface area (Å²) in [4.78, 5) is 20.4. The van der Waals surface area contributed by atoms with Crippen molar-refractivity contribution >= 4 is 23.4 Å². The molecule has 1 heterocycles. The van der Waals surface area contributed by atoms with Crippen molar-refractivity contribution in [3.63, 3.8) is 0 Å². The van der Waals surface area contributed by atoms with Crippen LogP contribution in [0.1, 0.15) is 15.9 Å². The lowest BCUT2D eigenvalue weighted by Crippen LogP contribution is -2.06. The first-order valence-electron chi connectivity index (χ1n) is 8.86. The van der Waals surface area contributed by atoms with Crippen LogP contribution in [-0.4, -0.2) is 37.3 Å². The topological polar surface area (TPSA) is 94.6 Å². The molecule has 2 aromatic carbocycles. The van der Waals surface area contributed by atoms with Crippen LogP contribution in [0, 0.1) is 0 Å². The normalized spacial score (nSPS) is 10.2. The molecule has 0 spiro atoms. The van der Waals surface area contributed by atoms with E-state index in [1.54, 1.807) is 44.7 Å². The van der Waals surface area contributed by atoms with Crippen LogP contribution >= 0.6 is 0 Å². The molecule has 2 N–H and O–H groups in total. The molecular formula is C21H22N4O4. The molecule has 3 rings (SSSR count). The fourth-order valence-corrected chi connectivity index (χ4v) is 2.67. The van der Waals surface area contributed by atoms with E-state index in [1.165, 1.54) is 7.11 Å². The van der Waals surface area contributed by atoms with E-state index in [4.69, 9.17) is 14.2 Å². The predicted octanol–water partition coefficient (Wildman–Crippen LogP) is 3.64. The molecule has 150 valence electrons. The maximum absolute atomic E-state index is 11.7. The summed E-state index contributed by atoms with van der Waals surface area (Å²) in [5.41, 5.74) is 2.17. The highest BCUT2D eigenvalue weighted by Crippen LogP contribution is 2.27. The average molecular weight is 394 g/mol. The van der Waals surface area contributed by atoms with E-state index in [9.17, 15) is 4.79 Å². The Morgan fingerprint density at radius 2 is 1.83 bits per heavy atom. The van der Waals surface area contributed by atoms with E-state index >= 15 is 0 Å². The zero-order valence-electron chi connectivity index (χ0n) is 16.4. The Morgan fingerprint density at radius 1 is 1.00 bits per heavy atom. The second kappa shape index (κ2) is 9.41. The largest absolute Gasteiger partial charge is 0.493 e. The van der Waals surface area contributed by atoms with Crippen molar-refractivity contribution in [3.8, 4) is 11.5 Å². The van der Waals surface area contributed by atoms with Crippen molar-refractivity contribution in [1.82, 2.24) is 9.97 Å². The van der Waals surface area contributed by atoms with Crippen molar-refractivity contribution in [3.05, 3.63) is 65.9 Å². The SMILES string of the molecule is COC(=O)c1cccc(Nc2ccnc(NCc3ccc(OC)c(OC)c3)n2)c1.